The SMILES string of the molecule is COC(=O)c1ccc(F)c(NCc2ccc(F)c(F)c2)c1. The smallest absolute Gasteiger partial charge is 0.337 e. The molecule has 21 heavy (non-hydrogen) atoms. The van der Waals surface area contributed by atoms with E-state index in [1.165, 1.54) is 25.3 Å². The second kappa shape index (κ2) is 6.30. The minimum atomic E-state index is -0.974. The number of halogens is 3. The van der Waals surface area contributed by atoms with Gasteiger partial charge in [0, 0.05) is 6.54 Å². The second-order valence-corrected chi connectivity index (χ2v) is 4.29. The highest BCUT2D eigenvalue weighted by molar-refractivity contribution is 5.90. The van der Waals surface area contributed by atoms with Crippen LogP contribution in [0.3, 0.4) is 0 Å². The van der Waals surface area contributed by atoms with Crippen LogP contribution in [-0.4, -0.2) is 13.1 Å². The Labute approximate surface area is 119 Å². The van der Waals surface area contributed by atoms with Gasteiger partial charge in [-0.25, -0.2) is 18.0 Å². The Morgan fingerprint density at radius 2 is 1.76 bits per heavy atom. The lowest BCUT2D eigenvalue weighted by atomic mass is 10.1. The lowest BCUT2D eigenvalue weighted by Crippen LogP contribution is -2.06. The predicted molar refractivity (Wildman–Crippen MR) is 71.4 cm³/mol. The maximum Gasteiger partial charge on any atom is 0.337 e. The monoisotopic (exact) mass is 295 g/mol. The number of esters is 1. The summed E-state index contributed by atoms with van der Waals surface area (Å²) in [6, 6.07) is 7.11. The molecule has 0 amide bonds. The summed E-state index contributed by atoms with van der Waals surface area (Å²) < 4.78 is 44.0. The quantitative estimate of drug-likeness (QED) is 0.877. The van der Waals surface area contributed by atoms with Crippen molar-refractivity contribution >= 4 is 11.7 Å². The summed E-state index contributed by atoms with van der Waals surface area (Å²) in [5, 5.41) is 2.72. The summed E-state index contributed by atoms with van der Waals surface area (Å²) in [6.45, 7) is 0.0821. The van der Waals surface area contributed by atoms with Crippen LogP contribution >= 0.6 is 0 Å². The van der Waals surface area contributed by atoms with Crippen LogP contribution in [0.25, 0.3) is 0 Å². The summed E-state index contributed by atoms with van der Waals surface area (Å²) >= 11 is 0. The van der Waals surface area contributed by atoms with E-state index in [1.807, 2.05) is 0 Å². The summed E-state index contributed by atoms with van der Waals surface area (Å²) in [5.41, 5.74) is 0.700. The van der Waals surface area contributed by atoms with E-state index in [2.05, 4.69) is 10.1 Å². The van der Waals surface area contributed by atoms with Crippen molar-refractivity contribution in [2.75, 3.05) is 12.4 Å². The first-order valence-electron chi connectivity index (χ1n) is 6.07. The fourth-order valence-electron chi connectivity index (χ4n) is 1.75. The predicted octanol–water partition coefficient (Wildman–Crippen LogP) is 3.50. The van der Waals surface area contributed by atoms with Gasteiger partial charge >= 0.3 is 5.97 Å². The molecule has 0 atom stereocenters. The highest BCUT2D eigenvalue weighted by Crippen LogP contribution is 2.18. The van der Waals surface area contributed by atoms with Crippen molar-refractivity contribution in [3.63, 3.8) is 0 Å². The first kappa shape index (κ1) is 14.9. The number of methoxy groups -OCH3 is 1. The van der Waals surface area contributed by atoms with E-state index in [1.54, 1.807) is 0 Å². The van der Waals surface area contributed by atoms with Crippen LogP contribution in [0.4, 0.5) is 18.9 Å². The average molecular weight is 295 g/mol. The number of benzene rings is 2. The van der Waals surface area contributed by atoms with Crippen molar-refractivity contribution in [2.45, 2.75) is 6.54 Å². The lowest BCUT2D eigenvalue weighted by Gasteiger charge is -2.09. The van der Waals surface area contributed by atoms with Gasteiger partial charge < -0.3 is 10.1 Å². The molecule has 2 aromatic rings. The van der Waals surface area contributed by atoms with E-state index in [4.69, 9.17) is 0 Å². The molecule has 0 unspecified atom stereocenters. The Balaban J connectivity index is 2.15. The zero-order valence-corrected chi connectivity index (χ0v) is 11.1. The average Bonchev–Trinajstić information content (AvgIpc) is 2.49. The number of nitrogens with one attached hydrogen (secondary N) is 1. The van der Waals surface area contributed by atoms with Gasteiger partial charge in [0.2, 0.25) is 0 Å². The van der Waals surface area contributed by atoms with Gasteiger partial charge in [-0.3, -0.25) is 0 Å². The second-order valence-electron chi connectivity index (χ2n) is 4.29. The molecule has 6 heteroatoms. The third kappa shape index (κ3) is 3.53. The van der Waals surface area contributed by atoms with Gasteiger partial charge in [0.1, 0.15) is 5.82 Å². The minimum absolute atomic E-state index is 0.0719. The third-order valence-corrected chi connectivity index (χ3v) is 2.85. The Kier molecular flexibility index (Phi) is 4.47. The molecule has 110 valence electrons. The number of carbonyl (C=O) groups excluding carboxylic acids is 1. The van der Waals surface area contributed by atoms with Crippen LogP contribution in [0.2, 0.25) is 0 Å². The Bertz CT molecular complexity index is 674. The molecule has 0 fully saturated rings. The molecule has 0 aliphatic carbocycles. The fourth-order valence-corrected chi connectivity index (χ4v) is 1.75. The highest BCUT2D eigenvalue weighted by atomic mass is 19.2. The minimum Gasteiger partial charge on any atom is -0.465 e. The molecule has 1 N–H and O–H groups in total. The van der Waals surface area contributed by atoms with Crippen LogP contribution in [0.5, 0.6) is 0 Å². The maximum absolute atomic E-state index is 13.6. The van der Waals surface area contributed by atoms with E-state index in [-0.39, 0.29) is 17.8 Å². The van der Waals surface area contributed by atoms with Crippen LogP contribution in [-0.2, 0) is 11.3 Å². The highest BCUT2D eigenvalue weighted by Gasteiger charge is 2.10. The van der Waals surface area contributed by atoms with Gasteiger partial charge in [0.05, 0.1) is 18.4 Å². The molecule has 0 bridgehead atoms. The molecule has 0 aromatic heterocycles. The Hall–Kier alpha value is -2.50. The molecule has 2 rings (SSSR count). The Morgan fingerprint density at radius 1 is 1.05 bits per heavy atom. The van der Waals surface area contributed by atoms with E-state index in [0.29, 0.717) is 5.56 Å². The van der Waals surface area contributed by atoms with E-state index in [0.717, 1.165) is 18.2 Å². The van der Waals surface area contributed by atoms with Gasteiger partial charge in [-0.1, -0.05) is 6.07 Å². The fraction of sp³-hybridized carbons (Fsp3) is 0.133. The first-order chi connectivity index (χ1) is 10.0. The van der Waals surface area contributed by atoms with Crippen molar-refractivity contribution in [3.05, 3.63) is 65.0 Å². The molecule has 0 spiro atoms. The summed E-state index contributed by atoms with van der Waals surface area (Å²) in [7, 11) is 1.22. The van der Waals surface area contributed by atoms with Crippen LogP contribution in [0, 0.1) is 17.5 Å². The largest absolute Gasteiger partial charge is 0.465 e. The zero-order valence-electron chi connectivity index (χ0n) is 11.1. The standard InChI is InChI=1S/C15H12F3NO2/c1-21-15(20)10-3-5-12(17)14(7-10)19-8-9-2-4-11(16)13(18)6-9/h2-7,19H,8H2,1H3. The van der Waals surface area contributed by atoms with Crippen molar-refractivity contribution in [3.8, 4) is 0 Å². The Morgan fingerprint density at radius 3 is 2.43 bits per heavy atom. The molecule has 0 saturated heterocycles. The number of ether oxygens (including phenoxy) is 1. The van der Waals surface area contributed by atoms with E-state index in [9.17, 15) is 18.0 Å². The molecule has 2 aromatic carbocycles. The molecule has 0 heterocycles. The number of carbonyl (C=O) groups is 1. The normalized spacial score (nSPS) is 10.3. The third-order valence-electron chi connectivity index (χ3n) is 2.85. The molecule has 0 radical (unpaired) electrons. The first-order valence-corrected chi connectivity index (χ1v) is 6.07. The molecular formula is C15H12F3NO2. The van der Waals surface area contributed by atoms with Gasteiger partial charge in [0.25, 0.3) is 0 Å². The van der Waals surface area contributed by atoms with Crippen LogP contribution in [0.15, 0.2) is 36.4 Å². The van der Waals surface area contributed by atoms with Crippen LogP contribution < -0.4 is 5.32 Å². The van der Waals surface area contributed by atoms with Crippen molar-refractivity contribution in [2.24, 2.45) is 0 Å². The van der Waals surface area contributed by atoms with Crippen molar-refractivity contribution in [1.82, 2.24) is 0 Å². The number of anilines is 1. The molecule has 0 aliphatic rings. The number of hydrogen-bond donors (Lipinski definition) is 1. The number of rotatable bonds is 4. The summed E-state index contributed by atoms with van der Waals surface area (Å²) in [6.07, 6.45) is 0. The lowest BCUT2D eigenvalue weighted by molar-refractivity contribution is 0.0600. The molecule has 0 saturated carbocycles. The zero-order chi connectivity index (χ0) is 15.4. The van der Waals surface area contributed by atoms with E-state index >= 15 is 0 Å². The summed E-state index contributed by atoms with van der Waals surface area (Å²) in [5.74, 6) is -3.08. The molecular weight excluding hydrogens is 283 g/mol. The van der Waals surface area contributed by atoms with Gasteiger partial charge in [0.15, 0.2) is 11.6 Å². The van der Waals surface area contributed by atoms with Gasteiger partial charge in [-0.05, 0) is 35.9 Å². The molecule has 0 aliphatic heterocycles. The summed E-state index contributed by atoms with van der Waals surface area (Å²) in [4.78, 5) is 11.4. The topological polar surface area (TPSA) is 38.3 Å². The van der Waals surface area contributed by atoms with Crippen molar-refractivity contribution < 1.29 is 22.7 Å². The van der Waals surface area contributed by atoms with Crippen LogP contribution in [0.1, 0.15) is 15.9 Å². The number of hydrogen-bond acceptors (Lipinski definition) is 3. The van der Waals surface area contributed by atoms with Crippen molar-refractivity contribution in [1.29, 1.82) is 0 Å². The van der Waals surface area contributed by atoms with Gasteiger partial charge in [-0.2, -0.15) is 0 Å². The maximum atomic E-state index is 13.6. The van der Waals surface area contributed by atoms with Gasteiger partial charge in [-0.15, -0.1) is 0 Å². The molecule has 3 nitrogen and oxygen atoms in total. The van der Waals surface area contributed by atoms with E-state index < -0.39 is 23.4 Å².